The van der Waals surface area contributed by atoms with E-state index in [1.807, 2.05) is 44.3 Å². The molecule has 0 spiro atoms. The van der Waals surface area contributed by atoms with E-state index in [0.29, 0.717) is 30.6 Å². The molecule has 0 amide bonds. The number of aryl methyl sites for hydroxylation is 1. The van der Waals surface area contributed by atoms with Gasteiger partial charge in [0.05, 0.1) is 25.8 Å². The van der Waals surface area contributed by atoms with Gasteiger partial charge in [0.2, 0.25) is 0 Å². The Morgan fingerprint density at radius 2 is 2.00 bits per heavy atom. The number of ether oxygens (including phenoxy) is 1. The van der Waals surface area contributed by atoms with Crippen molar-refractivity contribution >= 4 is 11.6 Å². The van der Waals surface area contributed by atoms with Crippen LogP contribution in [0, 0.1) is 6.92 Å². The second kappa shape index (κ2) is 8.99. The minimum absolute atomic E-state index is 0.0201. The maximum atomic E-state index is 11.3. The number of hydrogen-bond donors (Lipinski definition) is 2. The first-order valence-corrected chi connectivity index (χ1v) is 9.11. The Morgan fingerprint density at radius 3 is 2.67 bits per heavy atom. The molecule has 27 heavy (non-hydrogen) atoms. The summed E-state index contributed by atoms with van der Waals surface area (Å²) in [6.07, 6.45) is 0. The molecule has 0 radical (unpaired) electrons. The van der Waals surface area contributed by atoms with Crippen molar-refractivity contribution in [1.82, 2.24) is 20.1 Å². The largest absolute Gasteiger partial charge is 0.375 e. The van der Waals surface area contributed by atoms with Crippen LogP contribution in [0.25, 0.3) is 0 Å². The van der Waals surface area contributed by atoms with E-state index in [0.717, 1.165) is 16.7 Å². The Bertz CT molecular complexity index is 903. The van der Waals surface area contributed by atoms with Crippen molar-refractivity contribution in [2.75, 3.05) is 13.7 Å². The number of hydrogen-bond acceptors (Lipinski definition) is 4. The number of rotatable bonds is 8. The number of halogens is 1. The van der Waals surface area contributed by atoms with E-state index in [4.69, 9.17) is 16.3 Å². The second-order valence-corrected chi connectivity index (χ2v) is 7.05. The highest BCUT2D eigenvalue weighted by Crippen LogP contribution is 2.22. The maximum absolute atomic E-state index is 11.3. The molecule has 3 rings (SSSR count). The van der Waals surface area contributed by atoms with Gasteiger partial charge in [-0.15, -0.1) is 0 Å². The number of aromatic nitrogens is 3. The van der Waals surface area contributed by atoms with E-state index in [-0.39, 0.29) is 11.7 Å². The Balaban J connectivity index is 1.69. The number of H-pyrrole nitrogens is 2. The lowest BCUT2D eigenvalue weighted by molar-refractivity contribution is 0.0561. The van der Waals surface area contributed by atoms with Gasteiger partial charge in [-0.2, -0.15) is 5.10 Å². The zero-order chi connectivity index (χ0) is 19.2. The minimum Gasteiger partial charge on any atom is -0.375 e. The van der Waals surface area contributed by atoms with Crippen molar-refractivity contribution in [3.05, 3.63) is 86.6 Å². The lowest BCUT2D eigenvalue weighted by Crippen LogP contribution is -2.28. The molecule has 2 N–H and O–H groups in total. The molecule has 0 saturated carbocycles. The van der Waals surface area contributed by atoms with Crippen LogP contribution in [-0.4, -0.2) is 33.7 Å². The van der Waals surface area contributed by atoms with Crippen LogP contribution in [0.5, 0.6) is 0 Å². The van der Waals surface area contributed by atoms with Gasteiger partial charge < -0.3 is 4.74 Å². The first-order valence-electron chi connectivity index (χ1n) is 8.74. The lowest BCUT2D eigenvalue weighted by atomic mass is 10.1. The number of benzene rings is 2. The molecule has 1 atom stereocenters. The molecule has 0 aliphatic rings. The summed E-state index contributed by atoms with van der Waals surface area (Å²) in [6.45, 7) is 3.50. The van der Waals surface area contributed by atoms with Gasteiger partial charge in [0.25, 0.3) is 0 Å². The number of aromatic amines is 2. The Hall–Kier alpha value is -2.41. The summed E-state index contributed by atoms with van der Waals surface area (Å²) >= 11 is 6.13. The van der Waals surface area contributed by atoms with Crippen molar-refractivity contribution in [3.8, 4) is 0 Å². The molecule has 0 fully saturated rings. The third kappa shape index (κ3) is 5.53. The summed E-state index contributed by atoms with van der Waals surface area (Å²) < 4.78 is 6.01. The first-order chi connectivity index (χ1) is 13.0. The molecule has 6 nitrogen and oxygen atoms in total. The SMILES string of the molecule is Cc1cc(Cl)cc(COC[C@H](c2ccccc2)N(C)Cc2n[nH]c(=O)[nH]2)c1. The van der Waals surface area contributed by atoms with Gasteiger partial charge >= 0.3 is 5.69 Å². The standard InChI is InChI=1S/C20H23ClN4O2/c1-14-8-15(10-17(21)9-14)12-27-13-18(16-6-4-3-5-7-16)25(2)11-19-22-20(26)24-23-19/h3-10,18H,11-13H2,1-2H3,(H2,22,23,24,26)/t18-/m1/s1. The van der Waals surface area contributed by atoms with Gasteiger partial charge in [0.1, 0.15) is 5.82 Å². The predicted molar refractivity (Wildman–Crippen MR) is 106 cm³/mol. The monoisotopic (exact) mass is 386 g/mol. The summed E-state index contributed by atoms with van der Waals surface area (Å²) in [4.78, 5) is 16.1. The van der Waals surface area contributed by atoms with Crippen molar-refractivity contribution in [1.29, 1.82) is 0 Å². The highest BCUT2D eigenvalue weighted by molar-refractivity contribution is 6.30. The fourth-order valence-corrected chi connectivity index (χ4v) is 3.38. The van der Waals surface area contributed by atoms with E-state index >= 15 is 0 Å². The van der Waals surface area contributed by atoms with Crippen molar-refractivity contribution in [2.45, 2.75) is 26.1 Å². The van der Waals surface area contributed by atoms with E-state index in [9.17, 15) is 4.79 Å². The molecule has 0 saturated heterocycles. The molecule has 0 bridgehead atoms. The van der Waals surface area contributed by atoms with Gasteiger partial charge in [-0.1, -0.05) is 48.0 Å². The van der Waals surface area contributed by atoms with E-state index in [2.05, 4.69) is 38.3 Å². The molecule has 0 aliphatic carbocycles. The summed E-state index contributed by atoms with van der Waals surface area (Å²) in [7, 11) is 1.98. The zero-order valence-corrected chi connectivity index (χ0v) is 16.2. The Kier molecular flexibility index (Phi) is 6.45. The molecule has 0 aliphatic heterocycles. The molecular formula is C20H23ClN4O2. The van der Waals surface area contributed by atoms with E-state index in [1.165, 1.54) is 0 Å². The van der Waals surface area contributed by atoms with Gasteiger partial charge in [0.15, 0.2) is 0 Å². The normalized spacial score (nSPS) is 12.4. The second-order valence-electron chi connectivity index (χ2n) is 6.62. The lowest BCUT2D eigenvalue weighted by Gasteiger charge is -2.27. The minimum atomic E-state index is -0.303. The van der Waals surface area contributed by atoms with Crippen LogP contribution in [-0.2, 0) is 17.9 Å². The summed E-state index contributed by atoms with van der Waals surface area (Å²) in [6, 6.07) is 16.1. The van der Waals surface area contributed by atoms with Crippen LogP contribution < -0.4 is 5.69 Å². The smallest absolute Gasteiger partial charge is 0.340 e. The van der Waals surface area contributed by atoms with Crippen molar-refractivity contribution in [3.63, 3.8) is 0 Å². The summed E-state index contributed by atoms with van der Waals surface area (Å²) in [5.41, 5.74) is 2.99. The third-order valence-corrected chi connectivity index (χ3v) is 4.53. The highest BCUT2D eigenvalue weighted by atomic mass is 35.5. The molecule has 1 heterocycles. The van der Waals surface area contributed by atoms with E-state index < -0.39 is 0 Å². The van der Waals surface area contributed by atoms with Gasteiger partial charge in [-0.3, -0.25) is 9.88 Å². The quantitative estimate of drug-likeness (QED) is 0.621. The predicted octanol–water partition coefficient (Wildman–Crippen LogP) is 3.45. The topological polar surface area (TPSA) is 74.0 Å². The molecule has 3 aromatic rings. The number of nitrogens with one attached hydrogen (secondary N) is 2. The fourth-order valence-electron chi connectivity index (χ4n) is 3.06. The van der Waals surface area contributed by atoms with Crippen LogP contribution in [0.4, 0.5) is 0 Å². The van der Waals surface area contributed by atoms with Crippen LogP contribution in [0.1, 0.15) is 28.6 Å². The molecular weight excluding hydrogens is 364 g/mol. The van der Waals surface area contributed by atoms with E-state index in [1.54, 1.807) is 0 Å². The maximum Gasteiger partial charge on any atom is 0.340 e. The van der Waals surface area contributed by atoms with Crippen molar-refractivity contribution in [2.24, 2.45) is 0 Å². The van der Waals surface area contributed by atoms with Crippen LogP contribution in [0.15, 0.2) is 53.3 Å². The van der Waals surface area contributed by atoms with Crippen LogP contribution >= 0.6 is 11.6 Å². The molecule has 7 heteroatoms. The molecule has 142 valence electrons. The fraction of sp³-hybridized carbons (Fsp3) is 0.300. The third-order valence-electron chi connectivity index (χ3n) is 4.31. The van der Waals surface area contributed by atoms with Crippen LogP contribution in [0.2, 0.25) is 5.02 Å². The number of nitrogens with zero attached hydrogens (tertiary/aromatic N) is 2. The highest BCUT2D eigenvalue weighted by Gasteiger charge is 2.19. The molecule has 0 unspecified atom stereocenters. The van der Waals surface area contributed by atoms with Crippen molar-refractivity contribution < 1.29 is 4.74 Å². The van der Waals surface area contributed by atoms with Gasteiger partial charge in [-0.25, -0.2) is 9.89 Å². The first kappa shape index (κ1) is 19.4. The summed E-state index contributed by atoms with van der Waals surface area (Å²) in [5.74, 6) is 0.592. The average Bonchev–Trinajstić information content (AvgIpc) is 3.03. The Morgan fingerprint density at radius 1 is 1.22 bits per heavy atom. The number of likely N-dealkylation sites (N-methyl/N-ethyl adjacent to an activating group) is 1. The van der Waals surface area contributed by atoms with Gasteiger partial charge in [-0.05, 0) is 42.8 Å². The molecule has 2 aromatic carbocycles. The van der Waals surface area contributed by atoms with Crippen LogP contribution in [0.3, 0.4) is 0 Å². The summed E-state index contributed by atoms with van der Waals surface area (Å²) in [5, 5.41) is 7.10. The molecule has 1 aromatic heterocycles. The average molecular weight is 387 g/mol. The zero-order valence-electron chi connectivity index (χ0n) is 15.4. The Labute approximate surface area is 163 Å². The van der Waals surface area contributed by atoms with Gasteiger partial charge in [0, 0.05) is 5.02 Å².